The van der Waals surface area contributed by atoms with E-state index in [1.807, 2.05) is 0 Å². The highest BCUT2D eigenvalue weighted by atomic mass is 35.5. The van der Waals surface area contributed by atoms with E-state index in [4.69, 9.17) is 27.9 Å². The largest absolute Gasteiger partial charge is 0.458 e. The van der Waals surface area contributed by atoms with Gasteiger partial charge in [0.2, 0.25) is 0 Å². The van der Waals surface area contributed by atoms with E-state index in [1.54, 1.807) is 63.4 Å². The van der Waals surface area contributed by atoms with Crippen LogP contribution in [-0.2, 0) is 16.0 Å². The maximum atomic E-state index is 13.1. The zero-order valence-corrected chi connectivity index (χ0v) is 19.3. The number of hydrogen-bond donors (Lipinski definition) is 0. The van der Waals surface area contributed by atoms with Crippen molar-refractivity contribution in [3.8, 4) is 17.2 Å². The molecule has 8 heteroatoms. The molecule has 0 radical (unpaired) electrons. The van der Waals surface area contributed by atoms with Crippen molar-refractivity contribution in [2.45, 2.75) is 38.8 Å². The molecule has 1 aromatic carbocycles. The fourth-order valence-corrected chi connectivity index (χ4v) is 3.62. The molecule has 0 aliphatic rings. The topological polar surface area (TPSA) is 85.0 Å². The molecule has 0 N–H and O–H groups in total. The number of aromatic nitrogens is 2. The fourth-order valence-electron chi connectivity index (χ4n) is 3.19. The van der Waals surface area contributed by atoms with Gasteiger partial charge in [-0.15, -0.1) is 0 Å². The van der Waals surface area contributed by atoms with Crippen LogP contribution in [0.1, 0.15) is 38.1 Å². The van der Waals surface area contributed by atoms with Crippen molar-refractivity contribution in [3.63, 3.8) is 0 Å². The summed E-state index contributed by atoms with van der Waals surface area (Å²) in [6, 6.07) is 12.5. The lowest BCUT2D eigenvalue weighted by molar-refractivity contribution is -0.159. The van der Waals surface area contributed by atoms with Gasteiger partial charge in [0.25, 0.3) is 5.56 Å². The van der Waals surface area contributed by atoms with Gasteiger partial charge in [0.1, 0.15) is 11.6 Å². The van der Waals surface area contributed by atoms with E-state index in [1.165, 1.54) is 16.8 Å². The van der Waals surface area contributed by atoms with Crippen molar-refractivity contribution < 1.29 is 9.53 Å². The minimum absolute atomic E-state index is 0.145. The molecule has 0 saturated heterocycles. The molecule has 0 fully saturated rings. The fraction of sp³-hybridized carbons (Fsp3) is 0.250. The lowest BCUT2D eigenvalue weighted by Gasteiger charge is -2.25. The lowest BCUT2D eigenvalue weighted by Crippen LogP contribution is -2.36. The van der Waals surface area contributed by atoms with Crippen molar-refractivity contribution in [1.29, 1.82) is 5.26 Å². The second-order valence-electron chi connectivity index (χ2n) is 8.16. The number of nitriles is 1. The maximum Gasteiger partial charge on any atom is 0.330 e. The van der Waals surface area contributed by atoms with Gasteiger partial charge in [-0.25, -0.2) is 4.79 Å². The zero-order chi connectivity index (χ0) is 23.5. The van der Waals surface area contributed by atoms with E-state index < -0.39 is 23.2 Å². The highest BCUT2D eigenvalue weighted by Crippen LogP contribution is 2.32. The number of carbonyl (C=O) groups is 1. The molecule has 0 aliphatic carbocycles. The standard InChI is InChI=1S/C24H21Cl2N3O3/c1-24(2,3)32-23(31)21(11-17-6-4-5-9-28-17)29-14-20(26)19(12-22(29)30)18-10-16(25)8-7-15(18)13-27/h4-10,12,14,21H,11H2,1-3H3. The molecule has 0 aliphatic heterocycles. The van der Waals surface area contributed by atoms with Crippen molar-refractivity contribution in [1.82, 2.24) is 9.55 Å². The Labute approximate surface area is 196 Å². The average Bonchev–Trinajstić information content (AvgIpc) is 2.73. The van der Waals surface area contributed by atoms with E-state index in [0.717, 1.165) is 0 Å². The zero-order valence-electron chi connectivity index (χ0n) is 17.8. The van der Waals surface area contributed by atoms with Gasteiger partial charge in [-0.1, -0.05) is 29.3 Å². The number of rotatable bonds is 5. The Bertz CT molecular complexity index is 1240. The summed E-state index contributed by atoms with van der Waals surface area (Å²) in [5.74, 6) is -0.575. The van der Waals surface area contributed by atoms with Crippen LogP contribution in [0, 0.1) is 11.3 Å². The van der Waals surface area contributed by atoms with Gasteiger partial charge in [-0.05, 0) is 51.1 Å². The molecule has 2 heterocycles. The van der Waals surface area contributed by atoms with Gasteiger partial charge in [0.15, 0.2) is 0 Å². The smallest absolute Gasteiger partial charge is 0.330 e. The van der Waals surface area contributed by atoms with Crippen LogP contribution >= 0.6 is 23.2 Å². The molecule has 1 atom stereocenters. The highest BCUT2D eigenvalue weighted by molar-refractivity contribution is 6.33. The van der Waals surface area contributed by atoms with E-state index in [2.05, 4.69) is 11.1 Å². The summed E-state index contributed by atoms with van der Waals surface area (Å²) in [7, 11) is 0. The molecule has 0 amide bonds. The molecule has 3 aromatic rings. The maximum absolute atomic E-state index is 13.1. The SMILES string of the molecule is CC(C)(C)OC(=O)C(Cc1ccccn1)n1cc(Cl)c(-c2cc(Cl)ccc2C#N)cc1=O. The Hall–Kier alpha value is -3.14. The molecule has 164 valence electrons. The molecular weight excluding hydrogens is 449 g/mol. The van der Waals surface area contributed by atoms with Crippen LogP contribution in [0.4, 0.5) is 0 Å². The summed E-state index contributed by atoms with van der Waals surface area (Å²) >= 11 is 12.6. The first-order valence-electron chi connectivity index (χ1n) is 9.83. The predicted octanol–water partition coefficient (Wildman–Crippen LogP) is 5.21. The molecule has 32 heavy (non-hydrogen) atoms. The van der Waals surface area contributed by atoms with E-state index in [0.29, 0.717) is 27.4 Å². The molecule has 0 spiro atoms. The van der Waals surface area contributed by atoms with Gasteiger partial charge in [-0.3, -0.25) is 14.3 Å². The average molecular weight is 470 g/mol. The number of esters is 1. The van der Waals surface area contributed by atoms with Crippen LogP contribution in [0.2, 0.25) is 10.0 Å². The van der Waals surface area contributed by atoms with Crippen LogP contribution in [-0.4, -0.2) is 21.1 Å². The van der Waals surface area contributed by atoms with Crippen LogP contribution in [0.25, 0.3) is 11.1 Å². The molecule has 3 rings (SSSR count). The van der Waals surface area contributed by atoms with Crippen molar-refractivity contribution >= 4 is 29.2 Å². The number of pyridine rings is 2. The number of nitrogens with zero attached hydrogens (tertiary/aromatic N) is 3. The molecule has 2 aromatic heterocycles. The van der Waals surface area contributed by atoms with Crippen LogP contribution in [0.15, 0.2) is 59.7 Å². The Kier molecular flexibility index (Phi) is 7.02. The highest BCUT2D eigenvalue weighted by Gasteiger charge is 2.29. The normalized spacial score (nSPS) is 12.1. The van der Waals surface area contributed by atoms with Gasteiger partial charge >= 0.3 is 5.97 Å². The molecule has 0 saturated carbocycles. The molecular formula is C24H21Cl2N3O3. The van der Waals surface area contributed by atoms with E-state index in [-0.39, 0.29) is 11.4 Å². The summed E-state index contributed by atoms with van der Waals surface area (Å²) in [4.78, 5) is 30.4. The Morgan fingerprint density at radius 3 is 2.56 bits per heavy atom. The minimum atomic E-state index is -0.974. The molecule has 0 bridgehead atoms. The Balaban J connectivity index is 2.11. The van der Waals surface area contributed by atoms with Gasteiger partial charge in [0, 0.05) is 46.7 Å². The Morgan fingerprint density at radius 1 is 1.19 bits per heavy atom. The van der Waals surface area contributed by atoms with Crippen LogP contribution in [0.3, 0.4) is 0 Å². The van der Waals surface area contributed by atoms with Crippen molar-refractivity contribution in [2.75, 3.05) is 0 Å². The molecule has 1 unspecified atom stereocenters. The second-order valence-corrected chi connectivity index (χ2v) is 9.00. The van der Waals surface area contributed by atoms with Gasteiger partial charge < -0.3 is 4.74 Å². The first-order valence-corrected chi connectivity index (χ1v) is 10.6. The number of halogens is 2. The summed E-state index contributed by atoms with van der Waals surface area (Å²) in [5, 5.41) is 10.0. The van der Waals surface area contributed by atoms with Crippen LogP contribution in [0.5, 0.6) is 0 Å². The van der Waals surface area contributed by atoms with Crippen molar-refractivity contribution in [2.24, 2.45) is 0 Å². The summed E-state index contributed by atoms with van der Waals surface area (Å²) in [6.07, 6.45) is 3.15. The number of benzene rings is 1. The number of carbonyl (C=O) groups excluding carboxylic acids is 1. The van der Waals surface area contributed by atoms with Crippen molar-refractivity contribution in [3.05, 3.63) is 86.5 Å². The predicted molar refractivity (Wildman–Crippen MR) is 124 cm³/mol. The first kappa shape index (κ1) is 23.5. The second kappa shape index (κ2) is 9.56. The van der Waals surface area contributed by atoms with Gasteiger partial charge in [-0.2, -0.15) is 5.26 Å². The minimum Gasteiger partial charge on any atom is -0.458 e. The summed E-state index contributed by atoms with van der Waals surface area (Å²) < 4.78 is 6.80. The summed E-state index contributed by atoms with van der Waals surface area (Å²) in [6.45, 7) is 5.26. The first-order chi connectivity index (χ1) is 15.1. The van der Waals surface area contributed by atoms with E-state index in [9.17, 15) is 14.9 Å². The lowest BCUT2D eigenvalue weighted by atomic mass is 10.0. The third-order valence-corrected chi connectivity index (χ3v) is 5.10. The number of ether oxygens (including phenoxy) is 1. The number of hydrogen-bond acceptors (Lipinski definition) is 5. The van der Waals surface area contributed by atoms with E-state index >= 15 is 0 Å². The monoisotopic (exact) mass is 469 g/mol. The van der Waals surface area contributed by atoms with Gasteiger partial charge in [0.05, 0.1) is 16.7 Å². The molecule has 6 nitrogen and oxygen atoms in total. The summed E-state index contributed by atoms with van der Waals surface area (Å²) in [5.41, 5.74) is 0.526. The quantitative estimate of drug-likeness (QED) is 0.478. The third kappa shape index (κ3) is 5.56. The third-order valence-electron chi connectivity index (χ3n) is 4.57. The Morgan fingerprint density at radius 2 is 1.94 bits per heavy atom. The van der Waals surface area contributed by atoms with Crippen LogP contribution < -0.4 is 5.56 Å².